The minimum atomic E-state index is -0.0314. The molecule has 0 radical (unpaired) electrons. The van der Waals surface area contributed by atoms with E-state index in [9.17, 15) is 0 Å². The van der Waals surface area contributed by atoms with Crippen LogP contribution in [0.25, 0.3) is 0 Å². The first-order valence-corrected chi connectivity index (χ1v) is 7.05. The van der Waals surface area contributed by atoms with Gasteiger partial charge in [-0.25, -0.2) is 4.98 Å². The molecule has 1 atom stereocenters. The van der Waals surface area contributed by atoms with Crippen LogP contribution in [0.2, 0.25) is 0 Å². The highest BCUT2D eigenvalue weighted by Crippen LogP contribution is 2.22. The van der Waals surface area contributed by atoms with E-state index in [4.69, 9.17) is 5.73 Å². The molecule has 2 N–H and O–H groups in total. The van der Waals surface area contributed by atoms with Crippen molar-refractivity contribution in [1.82, 2.24) is 14.8 Å². The summed E-state index contributed by atoms with van der Waals surface area (Å²) in [6.07, 6.45) is 0.782. The smallest absolute Gasteiger partial charge is 0.0950 e. The largest absolute Gasteiger partial charge is 0.322 e. The van der Waals surface area contributed by atoms with Crippen molar-refractivity contribution >= 4 is 11.3 Å². The zero-order valence-corrected chi connectivity index (χ0v) is 12.2. The molecule has 5 heteroatoms. The van der Waals surface area contributed by atoms with Gasteiger partial charge in [-0.1, -0.05) is 0 Å². The molecule has 2 aromatic heterocycles. The molecule has 0 aromatic carbocycles. The molecule has 2 rings (SSSR count). The van der Waals surface area contributed by atoms with Crippen LogP contribution in [0.1, 0.15) is 39.9 Å². The Morgan fingerprint density at radius 1 is 1.39 bits per heavy atom. The minimum absolute atomic E-state index is 0.0314. The summed E-state index contributed by atoms with van der Waals surface area (Å²) in [5.41, 5.74) is 9.51. The standard InChI is InChI=1S/C13H20N4S/c1-5-17-12(6-8(2)16-17)11(14)7-13-15-9(3)10(4)18-13/h6,11H,5,7,14H2,1-4H3. The van der Waals surface area contributed by atoms with Gasteiger partial charge >= 0.3 is 0 Å². The predicted octanol–water partition coefficient (Wildman–Crippen LogP) is 2.53. The molecular weight excluding hydrogens is 244 g/mol. The van der Waals surface area contributed by atoms with Crippen LogP contribution in [0.3, 0.4) is 0 Å². The van der Waals surface area contributed by atoms with E-state index in [1.165, 1.54) is 4.88 Å². The van der Waals surface area contributed by atoms with Crippen molar-refractivity contribution in [2.75, 3.05) is 0 Å². The summed E-state index contributed by atoms with van der Waals surface area (Å²) in [6.45, 7) is 9.08. The maximum absolute atomic E-state index is 6.28. The molecule has 4 nitrogen and oxygen atoms in total. The molecular formula is C13H20N4S. The Morgan fingerprint density at radius 3 is 2.67 bits per heavy atom. The summed E-state index contributed by atoms with van der Waals surface area (Å²) in [6, 6.07) is 2.04. The fourth-order valence-corrected chi connectivity index (χ4v) is 3.03. The van der Waals surface area contributed by atoms with E-state index >= 15 is 0 Å². The topological polar surface area (TPSA) is 56.7 Å². The monoisotopic (exact) mass is 264 g/mol. The molecule has 98 valence electrons. The number of nitrogens with zero attached hydrogens (tertiary/aromatic N) is 3. The Kier molecular flexibility index (Phi) is 3.82. The van der Waals surface area contributed by atoms with E-state index in [0.717, 1.165) is 35.1 Å². The number of hydrogen-bond acceptors (Lipinski definition) is 4. The quantitative estimate of drug-likeness (QED) is 0.923. The third-order valence-electron chi connectivity index (χ3n) is 3.08. The number of aryl methyl sites for hydroxylation is 4. The highest BCUT2D eigenvalue weighted by molar-refractivity contribution is 7.11. The molecule has 2 aromatic rings. The fourth-order valence-electron chi connectivity index (χ4n) is 2.04. The second kappa shape index (κ2) is 5.20. The van der Waals surface area contributed by atoms with Crippen LogP contribution in [0.15, 0.2) is 6.07 Å². The first-order valence-electron chi connectivity index (χ1n) is 6.24. The van der Waals surface area contributed by atoms with E-state index in [1.54, 1.807) is 11.3 Å². The van der Waals surface area contributed by atoms with E-state index < -0.39 is 0 Å². The van der Waals surface area contributed by atoms with Gasteiger partial charge in [0, 0.05) is 17.8 Å². The highest BCUT2D eigenvalue weighted by atomic mass is 32.1. The molecule has 0 amide bonds. The molecule has 18 heavy (non-hydrogen) atoms. The van der Waals surface area contributed by atoms with Crippen molar-refractivity contribution in [2.45, 2.75) is 46.7 Å². The Balaban J connectivity index is 2.18. The van der Waals surface area contributed by atoms with Crippen molar-refractivity contribution in [3.05, 3.63) is 33.0 Å². The number of aromatic nitrogens is 3. The van der Waals surface area contributed by atoms with Gasteiger partial charge in [0.2, 0.25) is 0 Å². The number of thiazole rings is 1. The summed E-state index contributed by atoms with van der Waals surface area (Å²) < 4.78 is 1.98. The van der Waals surface area contributed by atoms with Crippen molar-refractivity contribution < 1.29 is 0 Å². The van der Waals surface area contributed by atoms with Gasteiger partial charge in [-0.05, 0) is 33.8 Å². The molecule has 0 fully saturated rings. The number of rotatable bonds is 4. The summed E-state index contributed by atoms with van der Waals surface area (Å²) in [5, 5.41) is 5.54. The number of hydrogen-bond donors (Lipinski definition) is 1. The first-order chi connectivity index (χ1) is 8.51. The third kappa shape index (κ3) is 2.62. The second-order valence-electron chi connectivity index (χ2n) is 4.59. The van der Waals surface area contributed by atoms with Crippen LogP contribution in [0, 0.1) is 20.8 Å². The van der Waals surface area contributed by atoms with Crippen molar-refractivity contribution in [3.8, 4) is 0 Å². The SMILES string of the molecule is CCn1nc(C)cc1C(N)Cc1nc(C)c(C)s1. The molecule has 1 unspecified atom stereocenters. The Hall–Kier alpha value is -1.20. The van der Waals surface area contributed by atoms with Crippen LogP contribution >= 0.6 is 11.3 Å². The highest BCUT2D eigenvalue weighted by Gasteiger charge is 2.15. The van der Waals surface area contributed by atoms with Gasteiger partial charge in [-0.15, -0.1) is 11.3 Å². The first kappa shape index (κ1) is 13.2. The van der Waals surface area contributed by atoms with Crippen LogP contribution in [-0.4, -0.2) is 14.8 Å². The molecule has 0 aliphatic carbocycles. The lowest BCUT2D eigenvalue weighted by Crippen LogP contribution is -2.18. The van der Waals surface area contributed by atoms with Crippen LogP contribution in [-0.2, 0) is 13.0 Å². The zero-order chi connectivity index (χ0) is 13.3. The molecule has 0 bridgehead atoms. The van der Waals surface area contributed by atoms with E-state index in [0.29, 0.717) is 0 Å². The fraction of sp³-hybridized carbons (Fsp3) is 0.538. The zero-order valence-electron chi connectivity index (χ0n) is 11.4. The van der Waals surface area contributed by atoms with Crippen molar-refractivity contribution in [2.24, 2.45) is 5.73 Å². The lowest BCUT2D eigenvalue weighted by molar-refractivity contribution is 0.565. The van der Waals surface area contributed by atoms with Crippen molar-refractivity contribution in [1.29, 1.82) is 0 Å². The second-order valence-corrected chi connectivity index (χ2v) is 5.87. The van der Waals surface area contributed by atoms with Crippen molar-refractivity contribution in [3.63, 3.8) is 0 Å². The Labute approximate surface area is 112 Å². The predicted molar refractivity (Wildman–Crippen MR) is 74.9 cm³/mol. The minimum Gasteiger partial charge on any atom is -0.322 e. The average molecular weight is 264 g/mol. The molecule has 2 heterocycles. The summed E-state index contributed by atoms with van der Waals surface area (Å²) in [5.74, 6) is 0. The maximum Gasteiger partial charge on any atom is 0.0950 e. The lowest BCUT2D eigenvalue weighted by Gasteiger charge is -2.11. The molecule has 0 saturated heterocycles. The summed E-state index contributed by atoms with van der Waals surface area (Å²) in [4.78, 5) is 5.82. The van der Waals surface area contributed by atoms with Gasteiger partial charge in [0.15, 0.2) is 0 Å². The van der Waals surface area contributed by atoms with Gasteiger partial charge in [0.1, 0.15) is 0 Å². The van der Waals surface area contributed by atoms with Crippen LogP contribution in [0.4, 0.5) is 0 Å². The third-order valence-corrected chi connectivity index (χ3v) is 4.18. The van der Waals surface area contributed by atoms with E-state index in [1.807, 2.05) is 18.5 Å². The van der Waals surface area contributed by atoms with Gasteiger partial charge in [0.25, 0.3) is 0 Å². The van der Waals surface area contributed by atoms with E-state index in [2.05, 4.69) is 30.0 Å². The van der Waals surface area contributed by atoms with Gasteiger partial charge in [-0.2, -0.15) is 5.10 Å². The molecule has 0 spiro atoms. The van der Waals surface area contributed by atoms with Crippen LogP contribution < -0.4 is 5.73 Å². The lowest BCUT2D eigenvalue weighted by atomic mass is 10.1. The van der Waals surface area contributed by atoms with E-state index in [-0.39, 0.29) is 6.04 Å². The Morgan fingerprint density at radius 2 is 2.11 bits per heavy atom. The number of nitrogens with two attached hydrogens (primary N) is 1. The van der Waals surface area contributed by atoms with Gasteiger partial charge in [-0.3, -0.25) is 4.68 Å². The normalized spacial score (nSPS) is 12.9. The summed E-state index contributed by atoms with van der Waals surface area (Å²) in [7, 11) is 0. The molecule has 0 aliphatic heterocycles. The average Bonchev–Trinajstić information content (AvgIpc) is 2.83. The Bertz CT molecular complexity index is 522. The van der Waals surface area contributed by atoms with Crippen LogP contribution in [0.5, 0.6) is 0 Å². The molecule has 0 aliphatic rings. The molecule has 0 saturated carbocycles. The van der Waals surface area contributed by atoms with Gasteiger partial charge in [0.05, 0.1) is 28.1 Å². The maximum atomic E-state index is 6.28. The van der Waals surface area contributed by atoms with Gasteiger partial charge < -0.3 is 5.73 Å². The summed E-state index contributed by atoms with van der Waals surface area (Å²) >= 11 is 1.74.